The predicted octanol–water partition coefficient (Wildman–Crippen LogP) is 2.51. The van der Waals surface area contributed by atoms with Gasteiger partial charge in [0, 0.05) is 11.6 Å². The van der Waals surface area contributed by atoms with Crippen molar-refractivity contribution in [3.63, 3.8) is 0 Å². The topological polar surface area (TPSA) is 87.6 Å². The molecule has 6 heteroatoms. The summed E-state index contributed by atoms with van der Waals surface area (Å²) >= 11 is 0. The monoisotopic (exact) mass is 268 g/mol. The van der Waals surface area contributed by atoms with Gasteiger partial charge in [-0.15, -0.1) is 0 Å². The van der Waals surface area contributed by atoms with Crippen molar-refractivity contribution in [2.45, 2.75) is 33.0 Å². The number of hydrogen-bond acceptors (Lipinski definition) is 5. The molecule has 0 aliphatic carbocycles. The summed E-state index contributed by atoms with van der Waals surface area (Å²) < 4.78 is 10.9. The van der Waals surface area contributed by atoms with Gasteiger partial charge in [0.1, 0.15) is 5.69 Å². The first-order valence-electron chi connectivity index (χ1n) is 6.05. The number of anilines is 1. The van der Waals surface area contributed by atoms with Gasteiger partial charge in [-0.1, -0.05) is 12.1 Å². The summed E-state index contributed by atoms with van der Waals surface area (Å²) in [6, 6.07) is 4.69. The van der Waals surface area contributed by atoms with Crippen LogP contribution < -0.4 is 5.73 Å². The van der Waals surface area contributed by atoms with E-state index in [0.29, 0.717) is 18.8 Å². The van der Waals surface area contributed by atoms with Crippen LogP contribution in [0.1, 0.15) is 26.3 Å². The minimum atomic E-state index is -0.498. The summed E-state index contributed by atoms with van der Waals surface area (Å²) in [5.41, 5.74) is 6.20. The fraction of sp³-hybridized carbons (Fsp3) is 0.538. The molecule has 0 saturated heterocycles. The van der Waals surface area contributed by atoms with Crippen molar-refractivity contribution in [3.05, 3.63) is 33.9 Å². The Kier molecular flexibility index (Phi) is 5.26. The maximum atomic E-state index is 10.7. The second-order valence-corrected chi connectivity index (χ2v) is 5.12. The Hall–Kier alpha value is -1.66. The summed E-state index contributed by atoms with van der Waals surface area (Å²) in [5, 5.41) is 10.7. The number of hydrogen-bond donors (Lipinski definition) is 1. The van der Waals surface area contributed by atoms with Crippen LogP contribution in [0.4, 0.5) is 11.4 Å². The van der Waals surface area contributed by atoms with Gasteiger partial charge in [0.05, 0.1) is 30.3 Å². The third-order valence-electron chi connectivity index (χ3n) is 2.39. The van der Waals surface area contributed by atoms with Crippen molar-refractivity contribution in [1.29, 1.82) is 0 Å². The maximum absolute atomic E-state index is 10.7. The van der Waals surface area contributed by atoms with E-state index < -0.39 is 4.92 Å². The van der Waals surface area contributed by atoms with Crippen LogP contribution in [0.2, 0.25) is 0 Å². The van der Waals surface area contributed by atoms with Crippen LogP contribution in [-0.2, 0) is 16.1 Å². The minimum Gasteiger partial charge on any atom is -0.393 e. The lowest BCUT2D eigenvalue weighted by Crippen LogP contribution is -2.21. The molecule has 0 fully saturated rings. The van der Waals surface area contributed by atoms with Crippen LogP contribution in [0.5, 0.6) is 0 Å². The van der Waals surface area contributed by atoms with E-state index in [1.54, 1.807) is 12.1 Å². The van der Waals surface area contributed by atoms with E-state index in [4.69, 9.17) is 15.2 Å². The molecule has 0 aromatic heterocycles. The predicted molar refractivity (Wildman–Crippen MR) is 72.9 cm³/mol. The lowest BCUT2D eigenvalue weighted by molar-refractivity contribution is -0.384. The Morgan fingerprint density at radius 3 is 2.58 bits per heavy atom. The average molecular weight is 268 g/mol. The molecule has 2 N–H and O–H groups in total. The van der Waals surface area contributed by atoms with Gasteiger partial charge in [0.15, 0.2) is 0 Å². The largest absolute Gasteiger partial charge is 0.393 e. The van der Waals surface area contributed by atoms with Gasteiger partial charge in [0.25, 0.3) is 5.69 Å². The number of nitrogen functional groups attached to an aromatic ring is 1. The van der Waals surface area contributed by atoms with Crippen molar-refractivity contribution in [2.24, 2.45) is 0 Å². The van der Waals surface area contributed by atoms with Gasteiger partial charge in [-0.3, -0.25) is 10.1 Å². The van der Waals surface area contributed by atoms with Crippen LogP contribution in [-0.4, -0.2) is 23.7 Å². The third kappa shape index (κ3) is 5.23. The van der Waals surface area contributed by atoms with Crippen LogP contribution in [0.25, 0.3) is 0 Å². The zero-order valence-electron chi connectivity index (χ0n) is 11.5. The number of para-hydroxylation sites is 1. The molecule has 0 unspecified atom stereocenters. The fourth-order valence-corrected chi connectivity index (χ4v) is 1.47. The number of benzene rings is 1. The number of rotatable bonds is 6. The van der Waals surface area contributed by atoms with Crippen molar-refractivity contribution in [3.8, 4) is 0 Å². The van der Waals surface area contributed by atoms with E-state index in [9.17, 15) is 10.1 Å². The van der Waals surface area contributed by atoms with Crippen molar-refractivity contribution < 1.29 is 14.4 Å². The normalized spacial score (nSPS) is 11.5. The standard InChI is InChI=1S/C13H20N2O4/c1-13(2,3)19-8-7-18-9-10-5-4-6-11(12(10)14)15(16)17/h4-6H,7-9,14H2,1-3H3. The number of nitro groups is 1. The van der Waals surface area contributed by atoms with Crippen molar-refractivity contribution in [2.75, 3.05) is 18.9 Å². The first-order chi connectivity index (χ1) is 8.81. The number of nitro benzene ring substituents is 1. The fourth-order valence-electron chi connectivity index (χ4n) is 1.47. The molecule has 6 nitrogen and oxygen atoms in total. The van der Waals surface area contributed by atoms with Gasteiger partial charge < -0.3 is 15.2 Å². The van der Waals surface area contributed by atoms with Crippen molar-refractivity contribution >= 4 is 11.4 Å². The average Bonchev–Trinajstić information content (AvgIpc) is 2.28. The first-order valence-corrected chi connectivity index (χ1v) is 6.05. The summed E-state index contributed by atoms with van der Waals surface area (Å²) in [6.07, 6.45) is 0. The molecular formula is C13H20N2O4. The van der Waals surface area contributed by atoms with Crippen molar-refractivity contribution in [1.82, 2.24) is 0 Å². The molecule has 0 spiro atoms. The highest BCUT2D eigenvalue weighted by molar-refractivity contribution is 5.62. The molecule has 0 saturated carbocycles. The Morgan fingerprint density at radius 2 is 2.00 bits per heavy atom. The molecular weight excluding hydrogens is 248 g/mol. The molecule has 19 heavy (non-hydrogen) atoms. The third-order valence-corrected chi connectivity index (χ3v) is 2.39. The quantitative estimate of drug-likeness (QED) is 0.370. The second-order valence-electron chi connectivity index (χ2n) is 5.12. The Labute approximate surface area is 112 Å². The van der Waals surface area contributed by atoms with Crippen LogP contribution in [0.3, 0.4) is 0 Å². The van der Waals surface area contributed by atoms with E-state index >= 15 is 0 Å². The highest BCUT2D eigenvalue weighted by atomic mass is 16.6. The van der Waals surface area contributed by atoms with Gasteiger partial charge in [-0.25, -0.2) is 0 Å². The number of nitrogens with two attached hydrogens (primary N) is 1. The number of ether oxygens (including phenoxy) is 2. The Balaban J connectivity index is 2.46. The molecule has 1 aromatic carbocycles. The van der Waals surface area contributed by atoms with E-state index in [0.717, 1.165) is 0 Å². The molecule has 106 valence electrons. The van der Waals surface area contributed by atoms with Crippen LogP contribution in [0.15, 0.2) is 18.2 Å². The number of nitrogens with zero attached hydrogens (tertiary/aromatic N) is 1. The van der Waals surface area contributed by atoms with Gasteiger partial charge in [-0.05, 0) is 20.8 Å². The summed E-state index contributed by atoms with van der Waals surface area (Å²) in [6.45, 7) is 7.02. The summed E-state index contributed by atoms with van der Waals surface area (Å²) in [5.74, 6) is 0. The molecule has 0 radical (unpaired) electrons. The van der Waals surface area contributed by atoms with E-state index in [-0.39, 0.29) is 23.6 Å². The SMILES string of the molecule is CC(C)(C)OCCOCc1cccc([N+](=O)[O-])c1N. The molecule has 1 rings (SSSR count). The molecule has 0 heterocycles. The second kappa shape index (κ2) is 6.49. The van der Waals surface area contributed by atoms with Gasteiger partial charge in [0.2, 0.25) is 0 Å². The summed E-state index contributed by atoms with van der Waals surface area (Å²) in [7, 11) is 0. The van der Waals surface area contributed by atoms with Gasteiger partial charge in [-0.2, -0.15) is 0 Å². The molecule has 0 aliphatic rings. The van der Waals surface area contributed by atoms with Gasteiger partial charge >= 0.3 is 0 Å². The van der Waals surface area contributed by atoms with E-state index in [1.165, 1.54) is 6.07 Å². The smallest absolute Gasteiger partial charge is 0.292 e. The van der Waals surface area contributed by atoms with Crippen LogP contribution >= 0.6 is 0 Å². The highest BCUT2D eigenvalue weighted by Gasteiger charge is 2.14. The summed E-state index contributed by atoms with van der Waals surface area (Å²) in [4.78, 5) is 10.2. The lowest BCUT2D eigenvalue weighted by Gasteiger charge is -2.19. The molecule has 0 amide bonds. The lowest BCUT2D eigenvalue weighted by atomic mass is 10.1. The zero-order valence-corrected chi connectivity index (χ0v) is 11.5. The maximum Gasteiger partial charge on any atom is 0.292 e. The molecule has 0 bridgehead atoms. The zero-order chi connectivity index (χ0) is 14.5. The Bertz CT molecular complexity index is 441. The van der Waals surface area contributed by atoms with E-state index in [1.807, 2.05) is 20.8 Å². The molecule has 0 atom stereocenters. The highest BCUT2D eigenvalue weighted by Crippen LogP contribution is 2.25. The molecule has 1 aromatic rings. The first kappa shape index (κ1) is 15.4. The van der Waals surface area contributed by atoms with Crippen LogP contribution in [0, 0.1) is 10.1 Å². The Morgan fingerprint density at radius 1 is 1.32 bits per heavy atom. The van der Waals surface area contributed by atoms with E-state index in [2.05, 4.69) is 0 Å². The minimum absolute atomic E-state index is 0.0907. The molecule has 0 aliphatic heterocycles.